The first-order valence-electron chi connectivity index (χ1n) is 7.86. The molecule has 132 valence electrons. The van der Waals surface area contributed by atoms with E-state index >= 15 is 0 Å². The molecule has 1 aromatic heterocycles. The van der Waals surface area contributed by atoms with Crippen molar-refractivity contribution in [2.24, 2.45) is 0 Å². The molecule has 1 heterocycles. The molecule has 2 aromatic carbocycles. The topological polar surface area (TPSA) is 84.0 Å². The quantitative estimate of drug-likeness (QED) is 0.759. The van der Waals surface area contributed by atoms with Gasteiger partial charge in [0.25, 0.3) is 11.5 Å². The van der Waals surface area contributed by atoms with Crippen molar-refractivity contribution in [2.75, 3.05) is 5.32 Å². The van der Waals surface area contributed by atoms with Gasteiger partial charge in [0.2, 0.25) is 0 Å². The lowest BCUT2D eigenvalue weighted by Crippen LogP contribution is -2.38. The van der Waals surface area contributed by atoms with E-state index in [4.69, 9.17) is 0 Å². The van der Waals surface area contributed by atoms with Gasteiger partial charge in [-0.1, -0.05) is 12.1 Å². The fraction of sp³-hybridized carbons (Fsp3) is 0.105. The minimum atomic E-state index is -0.789. The number of halogens is 1. The van der Waals surface area contributed by atoms with E-state index in [2.05, 4.69) is 10.3 Å². The second-order valence-electron chi connectivity index (χ2n) is 5.83. The molecule has 26 heavy (non-hydrogen) atoms. The third-order valence-electron chi connectivity index (χ3n) is 4.16. The van der Waals surface area contributed by atoms with Gasteiger partial charge in [0, 0.05) is 11.9 Å². The minimum Gasteiger partial charge on any atom is -0.322 e. The van der Waals surface area contributed by atoms with E-state index in [1.54, 1.807) is 12.1 Å². The minimum absolute atomic E-state index is 0.166. The van der Waals surface area contributed by atoms with E-state index in [9.17, 15) is 18.8 Å². The summed E-state index contributed by atoms with van der Waals surface area (Å²) in [6.07, 6.45) is 1.07. The van der Waals surface area contributed by atoms with E-state index in [0.717, 1.165) is 34.0 Å². The number of aromatic amines is 1. The lowest BCUT2D eigenvalue weighted by molar-refractivity contribution is 0.102. The summed E-state index contributed by atoms with van der Waals surface area (Å²) in [6.45, 7) is 3.77. The maximum absolute atomic E-state index is 13.1. The van der Waals surface area contributed by atoms with Crippen molar-refractivity contribution in [3.63, 3.8) is 0 Å². The largest absolute Gasteiger partial charge is 0.333 e. The molecule has 0 saturated heterocycles. The first kappa shape index (κ1) is 17.3. The van der Waals surface area contributed by atoms with Crippen LogP contribution in [0.4, 0.5) is 10.1 Å². The standard InChI is InChI=1S/C19H16FN3O3/c1-11-4-3-5-16(12(11)2)22-17(24)15-10-21-19(26)23(18(15)25)14-8-6-13(20)7-9-14/h3-10H,1-2H3,(H,21,26)(H,22,24). The summed E-state index contributed by atoms with van der Waals surface area (Å²) in [6, 6.07) is 10.3. The Bertz CT molecular complexity index is 1100. The second kappa shape index (κ2) is 6.79. The molecule has 2 N–H and O–H groups in total. The van der Waals surface area contributed by atoms with Gasteiger partial charge >= 0.3 is 5.69 Å². The molecule has 3 rings (SSSR count). The number of rotatable bonds is 3. The van der Waals surface area contributed by atoms with Crippen molar-refractivity contribution in [3.8, 4) is 5.69 Å². The summed E-state index contributed by atoms with van der Waals surface area (Å²) in [7, 11) is 0. The summed E-state index contributed by atoms with van der Waals surface area (Å²) in [5.74, 6) is -1.14. The van der Waals surface area contributed by atoms with Gasteiger partial charge in [-0.15, -0.1) is 0 Å². The first-order chi connectivity index (χ1) is 12.4. The Hall–Kier alpha value is -3.48. The normalized spacial score (nSPS) is 10.6. The molecule has 1 amide bonds. The molecule has 0 fully saturated rings. The van der Waals surface area contributed by atoms with Crippen LogP contribution in [-0.4, -0.2) is 15.5 Å². The van der Waals surface area contributed by atoms with Gasteiger partial charge in [-0.3, -0.25) is 9.59 Å². The van der Waals surface area contributed by atoms with Crippen LogP contribution < -0.4 is 16.6 Å². The molecular weight excluding hydrogens is 337 g/mol. The number of hydrogen-bond donors (Lipinski definition) is 2. The Morgan fingerprint density at radius 2 is 1.77 bits per heavy atom. The Kier molecular flexibility index (Phi) is 4.53. The molecule has 7 heteroatoms. The second-order valence-corrected chi connectivity index (χ2v) is 5.83. The number of nitrogens with zero attached hydrogens (tertiary/aromatic N) is 1. The number of benzene rings is 2. The van der Waals surface area contributed by atoms with Crippen LogP contribution in [0, 0.1) is 19.7 Å². The highest BCUT2D eigenvalue weighted by molar-refractivity contribution is 6.04. The molecule has 0 aliphatic carbocycles. The zero-order valence-electron chi connectivity index (χ0n) is 14.2. The van der Waals surface area contributed by atoms with E-state index in [-0.39, 0.29) is 11.3 Å². The van der Waals surface area contributed by atoms with Gasteiger partial charge in [-0.25, -0.2) is 13.8 Å². The molecule has 0 bridgehead atoms. The van der Waals surface area contributed by atoms with Gasteiger partial charge in [0.05, 0.1) is 5.69 Å². The smallest absolute Gasteiger partial charge is 0.322 e. The number of H-pyrrole nitrogens is 1. The fourth-order valence-corrected chi connectivity index (χ4v) is 2.54. The lowest BCUT2D eigenvalue weighted by atomic mass is 10.1. The number of carbonyl (C=O) groups is 1. The van der Waals surface area contributed by atoms with Crippen molar-refractivity contribution < 1.29 is 9.18 Å². The molecule has 0 radical (unpaired) electrons. The summed E-state index contributed by atoms with van der Waals surface area (Å²) in [5.41, 5.74) is 0.882. The highest BCUT2D eigenvalue weighted by atomic mass is 19.1. The Balaban J connectivity index is 2.04. The summed E-state index contributed by atoms with van der Waals surface area (Å²) >= 11 is 0. The average molecular weight is 353 g/mol. The highest BCUT2D eigenvalue weighted by Crippen LogP contribution is 2.18. The molecule has 6 nitrogen and oxygen atoms in total. The average Bonchev–Trinajstić information content (AvgIpc) is 2.60. The number of nitrogens with one attached hydrogen (secondary N) is 2. The maximum Gasteiger partial charge on any atom is 0.333 e. The van der Waals surface area contributed by atoms with Crippen LogP contribution in [0.1, 0.15) is 21.5 Å². The number of anilines is 1. The van der Waals surface area contributed by atoms with E-state index < -0.39 is 23.0 Å². The number of aromatic nitrogens is 2. The number of amides is 1. The first-order valence-corrected chi connectivity index (χ1v) is 7.86. The Morgan fingerprint density at radius 1 is 1.08 bits per heavy atom. The van der Waals surface area contributed by atoms with Gasteiger partial charge in [0.15, 0.2) is 0 Å². The third-order valence-corrected chi connectivity index (χ3v) is 4.16. The Morgan fingerprint density at radius 3 is 2.46 bits per heavy atom. The van der Waals surface area contributed by atoms with Crippen molar-refractivity contribution in [1.82, 2.24) is 9.55 Å². The van der Waals surface area contributed by atoms with Crippen LogP contribution >= 0.6 is 0 Å². The molecule has 0 aliphatic heterocycles. The molecule has 0 unspecified atom stereocenters. The van der Waals surface area contributed by atoms with Crippen LogP contribution in [0.15, 0.2) is 58.3 Å². The van der Waals surface area contributed by atoms with Gasteiger partial charge in [-0.05, 0) is 55.3 Å². The zero-order valence-corrected chi connectivity index (χ0v) is 14.2. The van der Waals surface area contributed by atoms with Gasteiger partial charge in [-0.2, -0.15) is 0 Å². The highest BCUT2D eigenvalue weighted by Gasteiger charge is 2.17. The molecule has 0 saturated carbocycles. The molecule has 0 atom stereocenters. The molecular formula is C19H16FN3O3. The third kappa shape index (κ3) is 3.19. The van der Waals surface area contributed by atoms with Crippen LogP contribution in [0.5, 0.6) is 0 Å². The van der Waals surface area contributed by atoms with E-state index in [1.165, 1.54) is 12.1 Å². The SMILES string of the molecule is Cc1cccc(NC(=O)c2c[nH]c(=O)n(-c3ccc(F)cc3)c2=O)c1C. The van der Waals surface area contributed by atoms with Crippen LogP contribution in [-0.2, 0) is 0 Å². The predicted octanol–water partition coefficient (Wildman–Crippen LogP) is 2.53. The maximum atomic E-state index is 13.1. The summed E-state index contributed by atoms with van der Waals surface area (Å²) < 4.78 is 13.9. The Labute approximate surface area is 147 Å². The number of carbonyl (C=O) groups excluding carboxylic acids is 1. The molecule has 3 aromatic rings. The molecule has 0 spiro atoms. The summed E-state index contributed by atoms with van der Waals surface area (Å²) in [4.78, 5) is 39.6. The predicted molar refractivity (Wildman–Crippen MR) is 96.5 cm³/mol. The van der Waals surface area contributed by atoms with Crippen molar-refractivity contribution >= 4 is 11.6 Å². The van der Waals surface area contributed by atoms with Crippen molar-refractivity contribution in [3.05, 3.63) is 92.0 Å². The molecule has 0 aliphatic rings. The van der Waals surface area contributed by atoms with E-state index in [1.807, 2.05) is 19.9 Å². The van der Waals surface area contributed by atoms with Crippen LogP contribution in [0.25, 0.3) is 5.69 Å². The summed E-state index contributed by atoms with van der Waals surface area (Å²) in [5, 5.41) is 2.68. The number of aryl methyl sites for hydroxylation is 1. The lowest BCUT2D eigenvalue weighted by Gasteiger charge is -2.11. The van der Waals surface area contributed by atoms with Crippen molar-refractivity contribution in [1.29, 1.82) is 0 Å². The van der Waals surface area contributed by atoms with Gasteiger partial charge in [0.1, 0.15) is 11.4 Å². The van der Waals surface area contributed by atoms with Gasteiger partial charge < -0.3 is 10.3 Å². The van der Waals surface area contributed by atoms with E-state index in [0.29, 0.717) is 5.69 Å². The van der Waals surface area contributed by atoms with Crippen LogP contribution in [0.2, 0.25) is 0 Å². The fourth-order valence-electron chi connectivity index (χ4n) is 2.54. The number of hydrogen-bond acceptors (Lipinski definition) is 3. The zero-order chi connectivity index (χ0) is 18.8. The van der Waals surface area contributed by atoms with Crippen LogP contribution in [0.3, 0.4) is 0 Å². The van der Waals surface area contributed by atoms with Crippen molar-refractivity contribution in [2.45, 2.75) is 13.8 Å². The monoisotopic (exact) mass is 353 g/mol.